The minimum atomic E-state index is -0.907. The van der Waals surface area contributed by atoms with Gasteiger partial charge in [-0.05, 0) is 23.8 Å². The largest absolute Gasteiger partial charge is 0.473 e. The number of hydrogen-bond donors (Lipinski definition) is 0. The zero-order valence-electron chi connectivity index (χ0n) is 14.6. The first-order chi connectivity index (χ1) is 13.5. The van der Waals surface area contributed by atoms with Crippen LogP contribution in [0.3, 0.4) is 0 Å². The third-order valence-corrected chi connectivity index (χ3v) is 4.79. The monoisotopic (exact) mass is 394 g/mol. The summed E-state index contributed by atoms with van der Waals surface area (Å²) in [5, 5.41) is 11.7. The van der Waals surface area contributed by atoms with Crippen LogP contribution >= 0.6 is 11.6 Å². The van der Waals surface area contributed by atoms with Gasteiger partial charge in [-0.15, -0.1) is 0 Å². The molecule has 6 nitrogen and oxygen atoms in total. The van der Waals surface area contributed by atoms with Crippen molar-refractivity contribution in [1.82, 2.24) is 0 Å². The van der Waals surface area contributed by atoms with E-state index in [2.05, 4.69) is 0 Å². The van der Waals surface area contributed by atoms with Crippen molar-refractivity contribution in [2.75, 3.05) is 4.90 Å². The number of benzene rings is 3. The van der Waals surface area contributed by atoms with Crippen LogP contribution in [0.1, 0.15) is 17.2 Å². The fourth-order valence-electron chi connectivity index (χ4n) is 3.15. The van der Waals surface area contributed by atoms with Gasteiger partial charge in [-0.1, -0.05) is 54.1 Å². The Kier molecular flexibility index (Phi) is 4.71. The normalized spacial score (nSPS) is 15.7. The molecular weight excluding hydrogens is 380 g/mol. The summed E-state index contributed by atoms with van der Waals surface area (Å²) in [5.41, 5.74) is 1.98. The summed E-state index contributed by atoms with van der Waals surface area (Å²) < 4.78 is 5.89. The van der Waals surface area contributed by atoms with E-state index < -0.39 is 11.0 Å². The van der Waals surface area contributed by atoms with Crippen molar-refractivity contribution in [1.29, 1.82) is 0 Å². The Morgan fingerprint density at radius 1 is 1.04 bits per heavy atom. The van der Waals surface area contributed by atoms with Crippen molar-refractivity contribution >= 4 is 28.9 Å². The molecule has 0 spiro atoms. The molecule has 0 aromatic heterocycles. The van der Waals surface area contributed by atoms with Crippen molar-refractivity contribution in [3.8, 4) is 5.75 Å². The predicted octanol–water partition coefficient (Wildman–Crippen LogP) is 4.92. The number of carbonyl (C=O) groups excluding carboxylic acids is 1. The molecule has 1 aliphatic heterocycles. The van der Waals surface area contributed by atoms with E-state index in [0.29, 0.717) is 28.6 Å². The zero-order valence-corrected chi connectivity index (χ0v) is 15.4. The Labute approximate surface area is 166 Å². The molecule has 0 N–H and O–H groups in total. The number of nitro groups is 1. The first-order valence-electron chi connectivity index (χ1n) is 8.59. The lowest BCUT2D eigenvalue weighted by atomic mass is 10.0. The van der Waals surface area contributed by atoms with E-state index in [1.54, 1.807) is 35.2 Å². The molecule has 4 rings (SSSR count). The number of hydrogen-bond acceptors (Lipinski definition) is 4. The van der Waals surface area contributed by atoms with Gasteiger partial charge in [0.1, 0.15) is 0 Å². The van der Waals surface area contributed by atoms with E-state index >= 15 is 0 Å². The van der Waals surface area contributed by atoms with Crippen molar-refractivity contribution < 1.29 is 14.5 Å². The standard InChI is InChI=1S/C21H15ClN2O4/c22-16-8-6-15(7-9-16)20-21(25)23(13-14-4-2-1-3-5-14)18-11-10-17(24(26)27)12-19(18)28-20/h1-12,20H,13H2. The van der Waals surface area contributed by atoms with Gasteiger partial charge in [0.25, 0.3) is 11.6 Å². The molecular formula is C21H15ClN2O4. The van der Waals surface area contributed by atoms with Crippen molar-refractivity contribution in [3.05, 3.63) is 99.1 Å². The number of nitro benzene ring substituents is 1. The summed E-state index contributed by atoms with van der Waals surface area (Å²) in [6, 6.07) is 20.6. The van der Waals surface area contributed by atoms with Crippen LogP contribution in [-0.2, 0) is 11.3 Å². The number of rotatable bonds is 4. The van der Waals surface area contributed by atoms with Gasteiger partial charge in [-0.25, -0.2) is 0 Å². The molecule has 1 heterocycles. The van der Waals surface area contributed by atoms with E-state index in [9.17, 15) is 14.9 Å². The molecule has 1 unspecified atom stereocenters. The van der Waals surface area contributed by atoms with Crippen LogP contribution in [0.15, 0.2) is 72.8 Å². The van der Waals surface area contributed by atoms with Crippen molar-refractivity contribution in [3.63, 3.8) is 0 Å². The number of anilines is 1. The molecule has 0 bridgehead atoms. The maximum absolute atomic E-state index is 13.2. The number of fused-ring (bicyclic) bond motifs is 1. The number of ether oxygens (including phenoxy) is 1. The predicted molar refractivity (Wildman–Crippen MR) is 106 cm³/mol. The van der Waals surface area contributed by atoms with Gasteiger partial charge < -0.3 is 9.64 Å². The SMILES string of the molecule is O=C1C(c2ccc(Cl)cc2)Oc2cc([N+](=O)[O-])ccc2N1Cc1ccccc1. The van der Waals surface area contributed by atoms with Crippen LogP contribution in [0.25, 0.3) is 0 Å². The Balaban J connectivity index is 1.78. The summed E-state index contributed by atoms with van der Waals surface area (Å²) in [5.74, 6) is 0.0530. The molecule has 0 saturated carbocycles. The first kappa shape index (κ1) is 18.0. The molecule has 28 heavy (non-hydrogen) atoms. The number of carbonyl (C=O) groups is 1. The molecule has 140 valence electrons. The second-order valence-electron chi connectivity index (χ2n) is 6.37. The van der Waals surface area contributed by atoms with Crippen molar-refractivity contribution in [2.45, 2.75) is 12.6 Å². The van der Waals surface area contributed by atoms with Crippen LogP contribution in [0.2, 0.25) is 5.02 Å². The molecule has 3 aromatic carbocycles. The van der Waals surface area contributed by atoms with Gasteiger partial charge in [0.2, 0.25) is 6.10 Å². The fraction of sp³-hybridized carbons (Fsp3) is 0.0952. The number of halogens is 1. The average Bonchev–Trinajstić information content (AvgIpc) is 2.71. The van der Waals surface area contributed by atoms with Gasteiger partial charge in [-0.2, -0.15) is 0 Å². The van der Waals surface area contributed by atoms with E-state index in [-0.39, 0.29) is 11.6 Å². The smallest absolute Gasteiger partial charge is 0.273 e. The van der Waals surface area contributed by atoms with Crippen LogP contribution in [-0.4, -0.2) is 10.8 Å². The summed E-state index contributed by atoms with van der Waals surface area (Å²) in [7, 11) is 0. The second kappa shape index (κ2) is 7.32. The van der Waals surface area contributed by atoms with Crippen molar-refractivity contribution in [2.24, 2.45) is 0 Å². The maximum atomic E-state index is 13.2. The van der Waals surface area contributed by atoms with E-state index in [0.717, 1.165) is 5.56 Å². The molecule has 1 atom stereocenters. The highest BCUT2D eigenvalue weighted by atomic mass is 35.5. The summed E-state index contributed by atoms with van der Waals surface area (Å²) >= 11 is 5.95. The zero-order chi connectivity index (χ0) is 19.7. The Hall–Kier alpha value is -3.38. The Bertz CT molecular complexity index is 1040. The van der Waals surface area contributed by atoms with Gasteiger partial charge in [0.15, 0.2) is 5.75 Å². The lowest BCUT2D eigenvalue weighted by Crippen LogP contribution is -2.40. The Morgan fingerprint density at radius 2 is 1.75 bits per heavy atom. The van der Waals surface area contributed by atoms with Crippen LogP contribution < -0.4 is 9.64 Å². The third-order valence-electron chi connectivity index (χ3n) is 4.54. The molecule has 7 heteroatoms. The van der Waals surface area contributed by atoms with Gasteiger partial charge in [0, 0.05) is 16.7 Å². The molecule has 0 saturated heterocycles. The van der Waals surface area contributed by atoms with E-state index in [1.165, 1.54) is 12.1 Å². The molecule has 1 amide bonds. The molecule has 1 aliphatic rings. The quantitative estimate of drug-likeness (QED) is 0.465. The van der Waals surface area contributed by atoms with Crippen LogP contribution in [0, 0.1) is 10.1 Å². The fourth-order valence-corrected chi connectivity index (χ4v) is 3.27. The topological polar surface area (TPSA) is 72.7 Å². The second-order valence-corrected chi connectivity index (χ2v) is 6.80. The molecule has 0 radical (unpaired) electrons. The van der Waals surface area contributed by atoms with E-state index in [1.807, 2.05) is 30.3 Å². The number of nitrogens with zero attached hydrogens (tertiary/aromatic N) is 2. The summed E-state index contributed by atoms with van der Waals surface area (Å²) in [4.78, 5) is 25.5. The minimum absolute atomic E-state index is 0.0948. The first-order valence-corrected chi connectivity index (χ1v) is 8.96. The van der Waals surface area contributed by atoms with Gasteiger partial charge in [-0.3, -0.25) is 14.9 Å². The lowest BCUT2D eigenvalue weighted by Gasteiger charge is -2.34. The third kappa shape index (κ3) is 3.42. The number of amides is 1. The number of non-ortho nitro benzene ring substituents is 1. The molecule has 0 fully saturated rings. The highest BCUT2D eigenvalue weighted by Crippen LogP contribution is 2.41. The average molecular weight is 395 g/mol. The van der Waals surface area contributed by atoms with E-state index in [4.69, 9.17) is 16.3 Å². The highest BCUT2D eigenvalue weighted by Gasteiger charge is 2.36. The van der Waals surface area contributed by atoms with Crippen LogP contribution in [0.4, 0.5) is 11.4 Å². The highest BCUT2D eigenvalue weighted by molar-refractivity contribution is 6.30. The molecule has 3 aromatic rings. The van der Waals surface area contributed by atoms with Crippen LogP contribution in [0.5, 0.6) is 5.75 Å². The lowest BCUT2D eigenvalue weighted by molar-refractivity contribution is -0.384. The minimum Gasteiger partial charge on any atom is -0.473 e. The maximum Gasteiger partial charge on any atom is 0.273 e. The molecule has 0 aliphatic carbocycles. The van der Waals surface area contributed by atoms with Gasteiger partial charge >= 0.3 is 0 Å². The summed E-state index contributed by atoms with van der Waals surface area (Å²) in [6.07, 6.45) is -0.907. The van der Waals surface area contributed by atoms with Gasteiger partial charge in [0.05, 0.1) is 23.2 Å². The summed E-state index contributed by atoms with van der Waals surface area (Å²) in [6.45, 7) is 0.331. The Morgan fingerprint density at radius 3 is 2.43 bits per heavy atom.